The van der Waals surface area contributed by atoms with Crippen molar-refractivity contribution in [3.05, 3.63) is 64.5 Å². The van der Waals surface area contributed by atoms with E-state index in [9.17, 15) is 0 Å². The summed E-state index contributed by atoms with van der Waals surface area (Å²) in [6.45, 7) is 2.53. The van der Waals surface area contributed by atoms with Crippen LogP contribution in [-0.2, 0) is 6.42 Å². The molecule has 8 heteroatoms. The van der Waals surface area contributed by atoms with Crippen LogP contribution >= 0.6 is 11.5 Å². The number of anilines is 1. The van der Waals surface area contributed by atoms with Crippen molar-refractivity contribution < 1.29 is 14.2 Å². The topological polar surface area (TPSA) is 80.9 Å². The fraction of sp³-hybridized carbons (Fsp3) is 0.273. The van der Waals surface area contributed by atoms with Crippen LogP contribution in [0.2, 0.25) is 0 Å². The SMILES string of the molecule is COc1ccc(NC(=NCCc2ccc(OC)c(OC)c2)n2sc(C)cc2=N)cc1. The minimum absolute atomic E-state index is 0.392. The molecule has 1 aromatic heterocycles. The molecule has 7 nitrogen and oxygen atoms in total. The van der Waals surface area contributed by atoms with Crippen LogP contribution in [0.15, 0.2) is 53.5 Å². The van der Waals surface area contributed by atoms with Gasteiger partial charge in [0.15, 0.2) is 11.5 Å². The molecule has 0 spiro atoms. The van der Waals surface area contributed by atoms with Gasteiger partial charge in [0.2, 0.25) is 5.96 Å². The number of aliphatic imine (C=N–C) groups is 1. The largest absolute Gasteiger partial charge is 0.497 e. The summed E-state index contributed by atoms with van der Waals surface area (Å²) in [5.74, 6) is 2.80. The summed E-state index contributed by atoms with van der Waals surface area (Å²) in [5.41, 5.74) is 2.36. The molecule has 30 heavy (non-hydrogen) atoms. The van der Waals surface area contributed by atoms with Gasteiger partial charge in [-0.1, -0.05) is 17.6 Å². The first kappa shape index (κ1) is 21.4. The predicted molar refractivity (Wildman–Crippen MR) is 120 cm³/mol. The smallest absolute Gasteiger partial charge is 0.218 e. The average Bonchev–Trinajstić information content (AvgIpc) is 3.11. The van der Waals surface area contributed by atoms with E-state index in [2.05, 4.69) is 5.32 Å². The number of ether oxygens (including phenoxy) is 3. The molecule has 0 aliphatic heterocycles. The maximum atomic E-state index is 8.25. The molecule has 0 saturated heterocycles. The highest BCUT2D eigenvalue weighted by atomic mass is 32.1. The van der Waals surface area contributed by atoms with Crippen LogP contribution in [0.25, 0.3) is 0 Å². The second-order valence-electron chi connectivity index (χ2n) is 6.52. The van der Waals surface area contributed by atoms with Gasteiger partial charge in [0.1, 0.15) is 11.2 Å². The Kier molecular flexibility index (Phi) is 7.13. The Hall–Kier alpha value is -3.26. The van der Waals surface area contributed by atoms with Gasteiger partial charge in [-0.25, -0.2) is 3.96 Å². The molecule has 3 rings (SSSR count). The summed E-state index contributed by atoms with van der Waals surface area (Å²) in [5, 5.41) is 11.6. The minimum Gasteiger partial charge on any atom is -0.497 e. The summed E-state index contributed by atoms with van der Waals surface area (Å²) in [4.78, 5) is 5.80. The quantitative estimate of drug-likeness (QED) is 0.443. The molecule has 0 unspecified atom stereocenters. The molecule has 0 saturated carbocycles. The molecule has 0 aliphatic rings. The monoisotopic (exact) mass is 426 g/mol. The Morgan fingerprint density at radius 2 is 1.73 bits per heavy atom. The predicted octanol–water partition coefficient (Wildman–Crippen LogP) is 3.92. The van der Waals surface area contributed by atoms with E-state index in [0.717, 1.165) is 28.3 Å². The Morgan fingerprint density at radius 1 is 1.00 bits per heavy atom. The average molecular weight is 427 g/mol. The number of nitrogens with zero attached hydrogens (tertiary/aromatic N) is 2. The van der Waals surface area contributed by atoms with Crippen LogP contribution in [0.5, 0.6) is 17.2 Å². The lowest BCUT2D eigenvalue weighted by Crippen LogP contribution is -2.28. The molecule has 2 N–H and O–H groups in total. The third-order valence-corrected chi connectivity index (χ3v) is 5.40. The van der Waals surface area contributed by atoms with E-state index in [4.69, 9.17) is 24.6 Å². The summed E-state index contributed by atoms with van der Waals surface area (Å²) in [7, 11) is 4.89. The third-order valence-electron chi connectivity index (χ3n) is 4.44. The van der Waals surface area contributed by atoms with Gasteiger partial charge in [-0.15, -0.1) is 0 Å². The van der Waals surface area contributed by atoms with Gasteiger partial charge in [0, 0.05) is 17.1 Å². The second-order valence-corrected chi connectivity index (χ2v) is 7.72. The normalized spacial score (nSPS) is 11.3. The molecule has 1 heterocycles. The van der Waals surface area contributed by atoms with E-state index >= 15 is 0 Å². The Balaban J connectivity index is 1.81. The Bertz CT molecular complexity index is 1070. The van der Waals surface area contributed by atoms with Crippen molar-refractivity contribution in [2.45, 2.75) is 13.3 Å². The fourth-order valence-electron chi connectivity index (χ4n) is 2.91. The number of benzene rings is 2. The lowest BCUT2D eigenvalue weighted by atomic mass is 10.1. The highest BCUT2D eigenvalue weighted by molar-refractivity contribution is 7.07. The molecular weight excluding hydrogens is 400 g/mol. The van der Waals surface area contributed by atoms with Crippen molar-refractivity contribution in [3.63, 3.8) is 0 Å². The number of nitrogens with one attached hydrogen (secondary N) is 2. The molecule has 2 aromatic carbocycles. The highest BCUT2D eigenvalue weighted by Crippen LogP contribution is 2.27. The molecule has 0 radical (unpaired) electrons. The number of methoxy groups -OCH3 is 3. The summed E-state index contributed by atoms with van der Waals surface area (Å²) >= 11 is 1.48. The van der Waals surface area contributed by atoms with Gasteiger partial charge < -0.3 is 19.5 Å². The Morgan fingerprint density at radius 3 is 2.33 bits per heavy atom. The maximum Gasteiger partial charge on any atom is 0.218 e. The molecule has 0 aliphatic carbocycles. The van der Waals surface area contributed by atoms with Crippen molar-refractivity contribution >= 4 is 23.2 Å². The molecule has 0 fully saturated rings. The molecule has 0 amide bonds. The summed E-state index contributed by atoms with van der Waals surface area (Å²) < 4.78 is 17.7. The number of aryl methyl sites for hydroxylation is 1. The zero-order chi connectivity index (χ0) is 21.5. The minimum atomic E-state index is 0.392. The van der Waals surface area contributed by atoms with Gasteiger partial charge in [-0.05, 0) is 61.4 Å². The van der Waals surface area contributed by atoms with Crippen LogP contribution in [0.4, 0.5) is 5.69 Å². The van der Waals surface area contributed by atoms with Gasteiger partial charge in [0.05, 0.1) is 21.3 Å². The first-order valence-corrected chi connectivity index (χ1v) is 10.2. The first-order chi connectivity index (χ1) is 14.5. The van der Waals surface area contributed by atoms with Gasteiger partial charge >= 0.3 is 0 Å². The van der Waals surface area contributed by atoms with Crippen LogP contribution in [0.1, 0.15) is 10.4 Å². The lowest BCUT2D eigenvalue weighted by Gasteiger charge is -2.12. The maximum absolute atomic E-state index is 8.25. The van der Waals surface area contributed by atoms with Crippen LogP contribution in [-0.4, -0.2) is 37.8 Å². The first-order valence-electron chi connectivity index (χ1n) is 9.45. The summed E-state index contributed by atoms with van der Waals surface area (Å²) in [6, 6.07) is 15.3. The van der Waals surface area contributed by atoms with Crippen molar-refractivity contribution in [2.24, 2.45) is 4.99 Å². The van der Waals surface area contributed by atoms with Gasteiger partial charge in [-0.2, -0.15) is 0 Å². The van der Waals surface area contributed by atoms with Crippen molar-refractivity contribution in [1.82, 2.24) is 3.96 Å². The third kappa shape index (κ3) is 5.21. The molecule has 3 aromatic rings. The zero-order valence-electron chi connectivity index (χ0n) is 17.6. The van der Waals surface area contributed by atoms with E-state index in [1.165, 1.54) is 11.5 Å². The summed E-state index contributed by atoms with van der Waals surface area (Å²) in [6.07, 6.45) is 0.729. The zero-order valence-corrected chi connectivity index (χ0v) is 18.4. The van der Waals surface area contributed by atoms with Gasteiger partial charge in [0.25, 0.3) is 0 Å². The van der Waals surface area contributed by atoms with Crippen molar-refractivity contribution in [3.8, 4) is 17.2 Å². The highest BCUT2D eigenvalue weighted by Gasteiger charge is 2.09. The molecular formula is C22H26N4O3S. The van der Waals surface area contributed by atoms with E-state index in [1.807, 2.05) is 55.5 Å². The fourth-order valence-corrected chi connectivity index (χ4v) is 3.71. The van der Waals surface area contributed by atoms with E-state index in [-0.39, 0.29) is 0 Å². The second kappa shape index (κ2) is 9.98. The number of aromatic nitrogens is 1. The van der Waals surface area contributed by atoms with E-state index < -0.39 is 0 Å². The molecule has 158 valence electrons. The number of rotatable bonds is 7. The standard InChI is InChI=1S/C22H26N4O3S/c1-15-13-21(23)26(30-15)22(25-17-6-8-18(27-2)9-7-17)24-12-11-16-5-10-19(28-3)20(14-16)29-4/h5-10,13-14,23H,11-12H2,1-4H3,(H,24,25). The van der Waals surface area contributed by atoms with Crippen LogP contribution < -0.4 is 25.0 Å². The van der Waals surface area contributed by atoms with Crippen molar-refractivity contribution in [1.29, 1.82) is 5.41 Å². The molecule has 0 bridgehead atoms. The Labute approximate surface area is 180 Å². The van der Waals surface area contributed by atoms with Crippen molar-refractivity contribution in [2.75, 3.05) is 33.2 Å². The lowest BCUT2D eigenvalue weighted by molar-refractivity contribution is 0.354. The number of hydrogen-bond donors (Lipinski definition) is 2. The molecule has 0 atom stereocenters. The van der Waals surface area contributed by atoms with Gasteiger partial charge in [-0.3, -0.25) is 10.4 Å². The number of hydrogen-bond acceptors (Lipinski definition) is 6. The van der Waals surface area contributed by atoms with E-state index in [0.29, 0.717) is 29.5 Å². The van der Waals surface area contributed by atoms with E-state index in [1.54, 1.807) is 25.3 Å². The van der Waals surface area contributed by atoms with Crippen LogP contribution in [0.3, 0.4) is 0 Å². The van der Waals surface area contributed by atoms with Crippen LogP contribution in [0, 0.1) is 12.3 Å².